The minimum Gasteiger partial charge on any atom is -0.306 e. The monoisotopic (exact) mass is 409 g/mol. The Balaban J connectivity index is 1.86. The summed E-state index contributed by atoms with van der Waals surface area (Å²) in [6.45, 7) is 0. The quantitative estimate of drug-likeness (QED) is 0.459. The van der Waals surface area contributed by atoms with Crippen LogP contribution >= 0.6 is 11.8 Å². The number of nitrogens with zero attached hydrogens (tertiary/aromatic N) is 1. The molecule has 0 spiro atoms. The van der Waals surface area contributed by atoms with Crippen molar-refractivity contribution in [2.75, 3.05) is 14.1 Å². The fourth-order valence-electron chi connectivity index (χ4n) is 5.30. The summed E-state index contributed by atoms with van der Waals surface area (Å²) in [6, 6.07) is 0.814. The van der Waals surface area contributed by atoms with Crippen LogP contribution in [0.1, 0.15) is 135 Å². The third-order valence-corrected chi connectivity index (χ3v) is 8.94. The average molecular weight is 410 g/mol. The first kappa shape index (κ1) is 24.6. The highest BCUT2D eigenvalue weighted by atomic mass is 32.2. The van der Waals surface area contributed by atoms with Crippen LogP contribution in [-0.4, -0.2) is 35.5 Å². The molecule has 2 atom stereocenters. The molecule has 0 saturated heterocycles. The smallest absolute Gasteiger partial charge is 0.00997 e. The maximum Gasteiger partial charge on any atom is 0.00997 e. The van der Waals surface area contributed by atoms with E-state index in [1.807, 2.05) is 0 Å². The van der Waals surface area contributed by atoms with E-state index in [0.717, 1.165) is 16.5 Å². The normalized spacial score (nSPS) is 29.2. The Kier molecular flexibility index (Phi) is 14.1. The summed E-state index contributed by atoms with van der Waals surface area (Å²) in [5, 5.41) is 1.85. The Hall–Kier alpha value is 0.310. The van der Waals surface area contributed by atoms with Gasteiger partial charge in [-0.2, -0.15) is 11.8 Å². The van der Waals surface area contributed by atoms with Crippen LogP contribution in [-0.2, 0) is 0 Å². The topological polar surface area (TPSA) is 3.24 Å². The van der Waals surface area contributed by atoms with Gasteiger partial charge in [0.05, 0.1) is 0 Å². The van der Waals surface area contributed by atoms with Crippen LogP contribution in [0.15, 0.2) is 0 Å². The summed E-state index contributed by atoms with van der Waals surface area (Å²) < 4.78 is 0. The van der Waals surface area contributed by atoms with Gasteiger partial charge < -0.3 is 4.90 Å². The SMILES string of the molecule is CN(C)C1CCCCCCCC(SC2CCCCCCCCCCCCC2)C1. The van der Waals surface area contributed by atoms with E-state index >= 15 is 0 Å². The van der Waals surface area contributed by atoms with Gasteiger partial charge in [0.1, 0.15) is 0 Å². The molecule has 2 fully saturated rings. The van der Waals surface area contributed by atoms with Crippen molar-refractivity contribution in [2.45, 2.75) is 151 Å². The third kappa shape index (κ3) is 11.5. The van der Waals surface area contributed by atoms with E-state index in [9.17, 15) is 0 Å². The molecule has 0 aromatic carbocycles. The van der Waals surface area contributed by atoms with Crippen LogP contribution in [0.2, 0.25) is 0 Å². The van der Waals surface area contributed by atoms with Crippen molar-refractivity contribution < 1.29 is 0 Å². The fourth-order valence-corrected chi connectivity index (χ4v) is 7.09. The molecule has 2 saturated carbocycles. The van der Waals surface area contributed by atoms with Gasteiger partial charge in [0, 0.05) is 16.5 Å². The lowest BCUT2D eigenvalue weighted by atomic mass is 9.96. The van der Waals surface area contributed by atoms with Gasteiger partial charge in [0.15, 0.2) is 0 Å². The van der Waals surface area contributed by atoms with E-state index in [4.69, 9.17) is 0 Å². The molecule has 0 aromatic rings. The van der Waals surface area contributed by atoms with Crippen LogP contribution in [0, 0.1) is 0 Å². The zero-order valence-electron chi connectivity index (χ0n) is 19.4. The van der Waals surface area contributed by atoms with E-state index in [-0.39, 0.29) is 0 Å². The number of hydrogen-bond acceptors (Lipinski definition) is 2. The van der Waals surface area contributed by atoms with E-state index in [1.54, 1.807) is 0 Å². The van der Waals surface area contributed by atoms with Crippen LogP contribution in [0.25, 0.3) is 0 Å². The van der Waals surface area contributed by atoms with E-state index < -0.39 is 0 Å². The zero-order valence-corrected chi connectivity index (χ0v) is 20.3. The maximum atomic E-state index is 2.53. The summed E-state index contributed by atoms with van der Waals surface area (Å²) in [6.07, 6.45) is 31.1. The average Bonchev–Trinajstić information content (AvgIpc) is 2.69. The molecular weight excluding hydrogens is 358 g/mol. The molecular formula is C26H51NS. The van der Waals surface area contributed by atoms with Crippen LogP contribution < -0.4 is 0 Å². The Morgan fingerprint density at radius 1 is 0.464 bits per heavy atom. The predicted molar refractivity (Wildman–Crippen MR) is 130 cm³/mol. The molecule has 0 aliphatic heterocycles. The second-order valence-corrected chi connectivity index (χ2v) is 11.7. The summed E-state index contributed by atoms with van der Waals surface area (Å²) in [5.41, 5.74) is 0. The molecule has 2 rings (SSSR count). The van der Waals surface area contributed by atoms with Crippen LogP contribution in [0.5, 0.6) is 0 Å². The van der Waals surface area contributed by atoms with Crippen molar-refractivity contribution in [3.8, 4) is 0 Å². The first-order valence-electron chi connectivity index (χ1n) is 13.1. The molecule has 0 bridgehead atoms. The Bertz CT molecular complexity index is 342. The van der Waals surface area contributed by atoms with Crippen molar-refractivity contribution in [2.24, 2.45) is 0 Å². The van der Waals surface area contributed by atoms with E-state index in [2.05, 4.69) is 30.8 Å². The first-order chi connectivity index (χ1) is 13.8. The second-order valence-electron chi connectivity index (χ2n) is 10.0. The van der Waals surface area contributed by atoms with Crippen LogP contribution in [0.4, 0.5) is 0 Å². The molecule has 2 unspecified atom stereocenters. The zero-order chi connectivity index (χ0) is 19.9. The van der Waals surface area contributed by atoms with Gasteiger partial charge in [0.2, 0.25) is 0 Å². The first-order valence-corrected chi connectivity index (χ1v) is 14.0. The summed E-state index contributed by atoms with van der Waals surface area (Å²) in [5.74, 6) is 0. The van der Waals surface area contributed by atoms with E-state index in [1.165, 1.54) is 135 Å². The lowest BCUT2D eigenvalue weighted by Gasteiger charge is -2.31. The molecule has 2 aliphatic carbocycles. The summed E-state index contributed by atoms with van der Waals surface area (Å²) >= 11 is 2.43. The molecule has 0 radical (unpaired) electrons. The molecule has 2 heteroatoms. The van der Waals surface area contributed by atoms with Crippen molar-refractivity contribution in [1.82, 2.24) is 4.90 Å². The Labute approximate surface area is 182 Å². The fraction of sp³-hybridized carbons (Fsp3) is 1.00. The molecule has 0 N–H and O–H groups in total. The van der Waals surface area contributed by atoms with E-state index in [0.29, 0.717) is 0 Å². The lowest BCUT2D eigenvalue weighted by Crippen LogP contribution is -2.32. The van der Waals surface area contributed by atoms with Gasteiger partial charge in [-0.15, -0.1) is 0 Å². The minimum atomic E-state index is 0.814. The number of rotatable bonds is 3. The molecule has 2 aliphatic rings. The minimum absolute atomic E-state index is 0.814. The number of thioether (sulfide) groups is 1. The number of hydrogen-bond donors (Lipinski definition) is 0. The molecule has 0 aromatic heterocycles. The van der Waals surface area contributed by atoms with Crippen molar-refractivity contribution in [3.63, 3.8) is 0 Å². The summed E-state index contributed by atoms with van der Waals surface area (Å²) in [7, 11) is 4.64. The second kappa shape index (κ2) is 16.1. The van der Waals surface area contributed by atoms with Gasteiger partial charge >= 0.3 is 0 Å². The highest BCUT2D eigenvalue weighted by Gasteiger charge is 2.23. The highest BCUT2D eigenvalue weighted by molar-refractivity contribution is 8.00. The largest absolute Gasteiger partial charge is 0.306 e. The molecule has 1 nitrogen and oxygen atoms in total. The third-order valence-electron chi connectivity index (χ3n) is 7.27. The van der Waals surface area contributed by atoms with Gasteiger partial charge in [-0.3, -0.25) is 0 Å². The summed E-state index contributed by atoms with van der Waals surface area (Å²) in [4.78, 5) is 2.53. The molecule has 0 heterocycles. The van der Waals surface area contributed by atoms with Gasteiger partial charge in [0.25, 0.3) is 0 Å². The van der Waals surface area contributed by atoms with Gasteiger partial charge in [-0.05, 0) is 46.2 Å². The standard InChI is InChI=1S/C26H51NS/c1-27(2)24-19-15-11-10-14-18-22-26(23-24)28-25-20-16-12-8-6-4-3-5-7-9-13-17-21-25/h24-26H,3-23H2,1-2H3. The molecule has 166 valence electrons. The van der Waals surface area contributed by atoms with Gasteiger partial charge in [-0.1, -0.05) is 103 Å². The predicted octanol–water partition coefficient (Wildman–Crippen LogP) is 8.61. The molecule has 28 heavy (non-hydrogen) atoms. The van der Waals surface area contributed by atoms with Crippen LogP contribution in [0.3, 0.4) is 0 Å². The lowest BCUT2D eigenvalue weighted by molar-refractivity contribution is 0.250. The maximum absolute atomic E-state index is 2.53. The van der Waals surface area contributed by atoms with Crippen molar-refractivity contribution in [3.05, 3.63) is 0 Å². The Morgan fingerprint density at radius 2 is 0.821 bits per heavy atom. The van der Waals surface area contributed by atoms with Crippen molar-refractivity contribution >= 4 is 11.8 Å². The highest BCUT2D eigenvalue weighted by Crippen LogP contribution is 2.34. The molecule has 0 amide bonds. The Morgan fingerprint density at radius 3 is 1.25 bits per heavy atom. The van der Waals surface area contributed by atoms with Gasteiger partial charge in [-0.25, -0.2) is 0 Å². The van der Waals surface area contributed by atoms with Crippen molar-refractivity contribution in [1.29, 1.82) is 0 Å².